The maximum absolute atomic E-state index is 11.3. The maximum Gasteiger partial charge on any atom is 0.334 e. The van der Waals surface area contributed by atoms with Gasteiger partial charge >= 0.3 is 5.97 Å². The van der Waals surface area contributed by atoms with Crippen molar-refractivity contribution in [3.63, 3.8) is 0 Å². The van der Waals surface area contributed by atoms with Crippen LogP contribution in [-0.4, -0.2) is 31.1 Å². The van der Waals surface area contributed by atoms with Crippen LogP contribution in [0.5, 0.6) is 0 Å². The van der Waals surface area contributed by atoms with Crippen molar-refractivity contribution in [1.29, 1.82) is 0 Å². The van der Waals surface area contributed by atoms with Crippen LogP contribution in [-0.2, 0) is 14.3 Å². The lowest BCUT2D eigenvalue weighted by atomic mass is 10.0. The monoisotopic (exact) mass is 185 g/mol. The minimum atomic E-state index is -0.472. The third-order valence-corrected chi connectivity index (χ3v) is 1.94. The van der Waals surface area contributed by atoms with Crippen molar-refractivity contribution in [3.8, 4) is 0 Å². The van der Waals surface area contributed by atoms with Gasteiger partial charge in [-0.05, 0) is 12.8 Å². The zero-order chi connectivity index (χ0) is 9.84. The molecule has 1 aliphatic rings. The molecule has 1 heterocycles. The van der Waals surface area contributed by atoms with Gasteiger partial charge in [0.1, 0.15) is 6.10 Å². The number of esters is 1. The van der Waals surface area contributed by atoms with E-state index in [0.29, 0.717) is 6.61 Å². The fourth-order valence-electron chi connectivity index (χ4n) is 1.27. The largest absolute Gasteiger partial charge is 0.477 e. The van der Waals surface area contributed by atoms with Gasteiger partial charge in [-0.3, -0.25) is 0 Å². The van der Waals surface area contributed by atoms with Crippen LogP contribution in [0.3, 0.4) is 0 Å². The first-order chi connectivity index (χ1) is 6.16. The third kappa shape index (κ3) is 2.20. The van der Waals surface area contributed by atoms with Gasteiger partial charge in [-0.25, -0.2) is 9.79 Å². The van der Waals surface area contributed by atoms with E-state index >= 15 is 0 Å². The van der Waals surface area contributed by atoms with Gasteiger partial charge < -0.3 is 9.47 Å². The molecule has 0 radical (unpaired) electrons. The molecule has 1 rings (SSSR count). The molecular formula is C9H15NO3. The normalized spacial score (nSPS) is 26.2. The van der Waals surface area contributed by atoms with Gasteiger partial charge in [0, 0.05) is 0 Å². The minimum absolute atomic E-state index is 0.168. The molecule has 4 heteroatoms. The number of nitrogens with zero attached hydrogens (tertiary/aromatic N) is 1. The smallest absolute Gasteiger partial charge is 0.334 e. The topological polar surface area (TPSA) is 47.9 Å². The number of hydrogen-bond acceptors (Lipinski definition) is 4. The second-order valence-electron chi connectivity index (χ2n) is 3.30. The van der Waals surface area contributed by atoms with E-state index in [2.05, 4.69) is 4.99 Å². The molecule has 0 bridgehead atoms. The van der Waals surface area contributed by atoms with E-state index < -0.39 is 6.04 Å². The Hall–Kier alpha value is -1.06. The average molecular weight is 185 g/mol. The summed E-state index contributed by atoms with van der Waals surface area (Å²) in [6.45, 7) is 6.15. The van der Waals surface area contributed by atoms with Crippen molar-refractivity contribution in [1.82, 2.24) is 0 Å². The molecule has 2 atom stereocenters. The van der Waals surface area contributed by atoms with Gasteiger partial charge in [0.2, 0.25) is 0 Å². The number of hydrogen-bond donors (Lipinski definition) is 0. The summed E-state index contributed by atoms with van der Waals surface area (Å²) in [5, 5.41) is 0. The highest BCUT2D eigenvalue weighted by Gasteiger charge is 2.35. The summed E-state index contributed by atoms with van der Waals surface area (Å²) in [4.78, 5) is 15.3. The van der Waals surface area contributed by atoms with E-state index in [1.165, 1.54) is 6.40 Å². The molecule has 13 heavy (non-hydrogen) atoms. The van der Waals surface area contributed by atoms with E-state index in [4.69, 9.17) is 9.47 Å². The third-order valence-electron chi connectivity index (χ3n) is 1.94. The Morgan fingerprint density at radius 2 is 2.38 bits per heavy atom. The SMILES string of the molecule is CCOC(=O)C1N=COC1C(C)C. The molecule has 74 valence electrons. The molecule has 0 saturated carbocycles. The number of ether oxygens (including phenoxy) is 2. The fourth-order valence-corrected chi connectivity index (χ4v) is 1.27. The van der Waals surface area contributed by atoms with Crippen LogP contribution in [0.2, 0.25) is 0 Å². The van der Waals surface area contributed by atoms with Crippen LogP contribution >= 0.6 is 0 Å². The van der Waals surface area contributed by atoms with Crippen LogP contribution in [0.15, 0.2) is 4.99 Å². The maximum atomic E-state index is 11.3. The Morgan fingerprint density at radius 1 is 1.69 bits per heavy atom. The molecule has 0 aromatic carbocycles. The predicted molar refractivity (Wildman–Crippen MR) is 48.6 cm³/mol. The first kappa shape index (κ1) is 10.0. The fraction of sp³-hybridized carbons (Fsp3) is 0.778. The summed E-state index contributed by atoms with van der Waals surface area (Å²) in [6.07, 6.45) is 1.17. The predicted octanol–water partition coefficient (Wildman–Crippen LogP) is 1.00. The van der Waals surface area contributed by atoms with Crippen LogP contribution in [0.1, 0.15) is 20.8 Å². The molecule has 0 saturated heterocycles. The van der Waals surface area contributed by atoms with Crippen molar-refractivity contribution in [2.24, 2.45) is 10.9 Å². The van der Waals surface area contributed by atoms with Crippen molar-refractivity contribution in [3.05, 3.63) is 0 Å². The van der Waals surface area contributed by atoms with Crippen LogP contribution in [0.4, 0.5) is 0 Å². The minimum Gasteiger partial charge on any atom is -0.477 e. The highest BCUT2D eigenvalue weighted by molar-refractivity contribution is 5.79. The van der Waals surface area contributed by atoms with E-state index in [1.807, 2.05) is 13.8 Å². The Balaban J connectivity index is 2.57. The second-order valence-corrected chi connectivity index (χ2v) is 3.30. The van der Waals surface area contributed by atoms with Crippen LogP contribution in [0, 0.1) is 5.92 Å². The molecule has 0 amide bonds. The number of rotatable bonds is 3. The molecular weight excluding hydrogens is 170 g/mol. The molecule has 4 nitrogen and oxygen atoms in total. The molecule has 0 spiro atoms. The molecule has 0 aliphatic carbocycles. The van der Waals surface area contributed by atoms with Crippen LogP contribution < -0.4 is 0 Å². The number of carbonyl (C=O) groups excluding carboxylic acids is 1. The summed E-state index contributed by atoms with van der Waals surface area (Å²) in [7, 11) is 0. The van der Waals surface area contributed by atoms with Crippen molar-refractivity contribution < 1.29 is 14.3 Å². The summed E-state index contributed by atoms with van der Waals surface area (Å²) in [5.74, 6) is -0.0353. The lowest BCUT2D eigenvalue weighted by Crippen LogP contribution is -2.35. The summed E-state index contributed by atoms with van der Waals surface area (Å²) >= 11 is 0. The van der Waals surface area contributed by atoms with Gasteiger partial charge in [-0.1, -0.05) is 13.8 Å². The van der Waals surface area contributed by atoms with Gasteiger partial charge in [-0.2, -0.15) is 0 Å². The first-order valence-electron chi connectivity index (χ1n) is 4.50. The van der Waals surface area contributed by atoms with Crippen molar-refractivity contribution in [2.75, 3.05) is 6.61 Å². The van der Waals surface area contributed by atoms with Gasteiger partial charge in [0.05, 0.1) is 6.61 Å². The van der Waals surface area contributed by atoms with Crippen LogP contribution in [0.25, 0.3) is 0 Å². The molecule has 0 N–H and O–H groups in total. The summed E-state index contributed by atoms with van der Waals surface area (Å²) in [5.41, 5.74) is 0. The summed E-state index contributed by atoms with van der Waals surface area (Å²) in [6, 6.07) is -0.472. The average Bonchev–Trinajstić information content (AvgIpc) is 2.52. The van der Waals surface area contributed by atoms with Gasteiger partial charge in [-0.15, -0.1) is 0 Å². The summed E-state index contributed by atoms with van der Waals surface area (Å²) < 4.78 is 10.1. The Bertz CT molecular complexity index is 213. The van der Waals surface area contributed by atoms with Crippen molar-refractivity contribution >= 4 is 12.4 Å². The molecule has 0 aromatic heterocycles. The van der Waals surface area contributed by atoms with E-state index in [9.17, 15) is 4.79 Å². The lowest BCUT2D eigenvalue weighted by Gasteiger charge is -2.18. The molecule has 0 fully saturated rings. The highest BCUT2D eigenvalue weighted by atomic mass is 16.5. The van der Waals surface area contributed by atoms with E-state index in [1.54, 1.807) is 6.92 Å². The Kier molecular flexibility index (Phi) is 3.28. The lowest BCUT2D eigenvalue weighted by molar-refractivity contribution is -0.146. The highest BCUT2D eigenvalue weighted by Crippen LogP contribution is 2.18. The molecule has 2 unspecified atom stereocenters. The Labute approximate surface area is 77.9 Å². The quantitative estimate of drug-likeness (QED) is 0.616. The standard InChI is InChI=1S/C9H15NO3/c1-4-12-9(11)7-8(6(2)3)13-5-10-7/h5-8H,4H2,1-3H3. The van der Waals surface area contributed by atoms with Gasteiger partial charge in [0.15, 0.2) is 12.4 Å². The number of carbonyl (C=O) groups is 1. The van der Waals surface area contributed by atoms with Crippen molar-refractivity contribution in [2.45, 2.75) is 32.9 Å². The second kappa shape index (κ2) is 4.25. The first-order valence-corrected chi connectivity index (χ1v) is 4.50. The number of aliphatic imine (C=N–C) groups is 1. The van der Waals surface area contributed by atoms with Gasteiger partial charge in [0.25, 0.3) is 0 Å². The molecule has 0 aromatic rings. The molecule has 1 aliphatic heterocycles. The zero-order valence-electron chi connectivity index (χ0n) is 8.19. The zero-order valence-corrected chi connectivity index (χ0v) is 8.19. The van der Waals surface area contributed by atoms with E-state index in [0.717, 1.165) is 0 Å². The van der Waals surface area contributed by atoms with E-state index in [-0.39, 0.29) is 18.0 Å². The Morgan fingerprint density at radius 3 is 2.92 bits per heavy atom.